The minimum Gasteiger partial charge on any atom is -0.486 e. The van der Waals surface area contributed by atoms with E-state index in [1.165, 1.54) is 37.9 Å². The Balaban J connectivity index is 1.51. The maximum atomic E-state index is 5.73. The highest BCUT2D eigenvalue weighted by atomic mass is 16.6. The Morgan fingerprint density at radius 2 is 1.95 bits per heavy atom. The molecule has 2 atom stereocenters. The van der Waals surface area contributed by atoms with Crippen LogP contribution in [0.5, 0.6) is 11.5 Å². The Morgan fingerprint density at radius 1 is 1.05 bits per heavy atom. The molecule has 3 aliphatic rings. The lowest BCUT2D eigenvalue weighted by atomic mass is 10.0. The highest BCUT2D eigenvalue weighted by Crippen LogP contribution is 2.38. The van der Waals surface area contributed by atoms with Crippen molar-refractivity contribution in [3.8, 4) is 11.5 Å². The van der Waals surface area contributed by atoms with Gasteiger partial charge in [0, 0.05) is 19.2 Å². The summed E-state index contributed by atoms with van der Waals surface area (Å²) in [6.45, 7) is 5.56. The number of benzene rings is 1. The Kier molecular flexibility index (Phi) is 3.74. The zero-order valence-electron chi connectivity index (χ0n) is 12.4. The van der Waals surface area contributed by atoms with Gasteiger partial charge in [0.2, 0.25) is 0 Å². The number of ether oxygens (including phenoxy) is 3. The van der Waals surface area contributed by atoms with E-state index < -0.39 is 0 Å². The van der Waals surface area contributed by atoms with Crippen LogP contribution in [0.15, 0.2) is 18.2 Å². The summed E-state index contributed by atoms with van der Waals surface area (Å²) in [6.07, 6.45) is 3.74. The zero-order chi connectivity index (χ0) is 14.1. The average molecular weight is 289 g/mol. The first-order chi connectivity index (χ1) is 10.4. The summed E-state index contributed by atoms with van der Waals surface area (Å²) in [5, 5.41) is 0. The highest BCUT2D eigenvalue weighted by Gasteiger charge is 2.30. The van der Waals surface area contributed by atoms with Gasteiger partial charge >= 0.3 is 0 Å². The van der Waals surface area contributed by atoms with Gasteiger partial charge in [-0.1, -0.05) is 6.07 Å². The Bertz CT molecular complexity index is 499. The Labute approximate surface area is 126 Å². The number of rotatable bonds is 3. The minimum atomic E-state index is 0.529. The number of hydrogen-bond donors (Lipinski definition) is 0. The Hall–Kier alpha value is -1.26. The van der Waals surface area contributed by atoms with Crippen molar-refractivity contribution in [3.63, 3.8) is 0 Å². The van der Waals surface area contributed by atoms with E-state index in [4.69, 9.17) is 14.2 Å². The van der Waals surface area contributed by atoms with Crippen LogP contribution in [0.25, 0.3) is 0 Å². The van der Waals surface area contributed by atoms with Crippen LogP contribution in [0, 0.1) is 5.92 Å². The summed E-state index contributed by atoms with van der Waals surface area (Å²) in [5.74, 6) is 2.51. The normalized spacial score (nSPS) is 29.0. The van der Waals surface area contributed by atoms with Crippen molar-refractivity contribution in [2.75, 3.05) is 39.5 Å². The molecule has 0 aromatic heterocycles. The summed E-state index contributed by atoms with van der Waals surface area (Å²) in [5.41, 5.74) is 1.37. The SMILES string of the molecule is c1cc2c(cc1[C@@H]1CCCN1C[C@@H]1CCOC1)OCCO2. The van der Waals surface area contributed by atoms with E-state index in [-0.39, 0.29) is 0 Å². The van der Waals surface area contributed by atoms with Crippen molar-refractivity contribution < 1.29 is 14.2 Å². The number of hydrogen-bond acceptors (Lipinski definition) is 4. The van der Waals surface area contributed by atoms with Crippen molar-refractivity contribution in [2.45, 2.75) is 25.3 Å². The molecule has 0 N–H and O–H groups in total. The predicted molar refractivity (Wildman–Crippen MR) is 79.9 cm³/mol. The molecule has 0 radical (unpaired) electrons. The smallest absolute Gasteiger partial charge is 0.161 e. The zero-order valence-corrected chi connectivity index (χ0v) is 12.4. The summed E-state index contributed by atoms with van der Waals surface area (Å²) < 4.78 is 16.9. The van der Waals surface area contributed by atoms with E-state index in [1.807, 2.05) is 0 Å². The van der Waals surface area contributed by atoms with Gasteiger partial charge in [-0.3, -0.25) is 4.90 Å². The number of likely N-dealkylation sites (tertiary alicyclic amines) is 1. The standard InChI is InChI=1S/C17H23NO3/c1-2-15(18(6-1)11-13-5-7-19-12-13)14-3-4-16-17(10-14)21-9-8-20-16/h3-4,10,13,15H,1-2,5-9,11-12H2/t13-,15-/m0/s1. The third kappa shape index (κ3) is 2.74. The molecule has 1 aromatic carbocycles. The second-order valence-corrected chi connectivity index (χ2v) is 6.29. The van der Waals surface area contributed by atoms with E-state index in [9.17, 15) is 0 Å². The third-order valence-corrected chi connectivity index (χ3v) is 4.83. The topological polar surface area (TPSA) is 30.9 Å². The fourth-order valence-electron chi connectivity index (χ4n) is 3.75. The molecule has 2 fully saturated rings. The molecule has 2 saturated heterocycles. The number of nitrogens with zero attached hydrogens (tertiary/aromatic N) is 1. The fraction of sp³-hybridized carbons (Fsp3) is 0.647. The van der Waals surface area contributed by atoms with Crippen molar-refractivity contribution in [2.24, 2.45) is 5.92 Å². The predicted octanol–water partition coefficient (Wildman–Crippen LogP) is 2.63. The van der Waals surface area contributed by atoms with E-state index in [0.717, 1.165) is 24.7 Å². The summed E-state index contributed by atoms with van der Waals surface area (Å²) in [7, 11) is 0. The Morgan fingerprint density at radius 3 is 2.81 bits per heavy atom. The molecule has 0 amide bonds. The van der Waals surface area contributed by atoms with Crippen molar-refractivity contribution in [1.82, 2.24) is 4.90 Å². The van der Waals surface area contributed by atoms with Gasteiger partial charge in [0.25, 0.3) is 0 Å². The molecule has 0 saturated carbocycles. The molecule has 1 aromatic rings. The van der Waals surface area contributed by atoms with E-state index >= 15 is 0 Å². The van der Waals surface area contributed by atoms with Crippen molar-refractivity contribution in [1.29, 1.82) is 0 Å². The average Bonchev–Trinajstić information content (AvgIpc) is 3.19. The van der Waals surface area contributed by atoms with Crippen molar-refractivity contribution >= 4 is 0 Å². The molecule has 114 valence electrons. The van der Waals surface area contributed by atoms with Gasteiger partial charge in [-0.05, 0) is 49.4 Å². The molecule has 3 aliphatic heterocycles. The molecular weight excluding hydrogens is 266 g/mol. The molecule has 3 heterocycles. The van der Waals surface area contributed by atoms with Gasteiger partial charge in [0.1, 0.15) is 13.2 Å². The molecule has 0 aliphatic carbocycles. The number of fused-ring (bicyclic) bond motifs is 1. The van der Waals surface area contributed by atoms with E-state index in [1.54, 1.807) is 0 Å². The van der Waals surface area contributed by atoms with Crippen LogP contribution >= 0.6 is 0 Å². The van der Waals surface area contributed by atoms with Gasteiger partial charge in [-0.15, -0.1) is 0 Å². The summed E-state index contributed by atoms with van der Waals surface area (Å²) in [6, 6.07) is 6.99. The van der Waals surface area contributed by atoms with Crippen molar-refractivity contribution in [3.05, 3.63) is 23.8 Å². The molecule has 4 nitrogen and oxygen atoms in total. The second kappa shape index (κ2) is 5.85. The first-order valence-corrected chi connectivity index (χ1v) is 8.11. The van der Waals surface area contributed by atoms with Crippen LogP contribution in [0.1, 0.15) is 30.9 Å². The fourth-order valence-corrected chi connectivity index (χ4v) is 3.75. The van der Waals surface area contributed by atoms with Crippen LogP contribution in [0.4, 0.5) is 0 Å². The lowest BCUT2D eigenvalue weighted by Gasteiger charge is -2.28. The van der Waals surface area contributed by atoms with Crippen LogP contribution in [0.2, 0.25) is 0 Å². The first-order valence-electron chi connectivity index (χ1n) is 8.11. The maximum absolute atomic E-state index is 5.73. The molecular formula is C17H23NO3. The monoisotopic (exact) mass is 289 g/mol. The maximum Gasteiger partial charge on any atom is 0.161 e. The van der Waals surface area contributed by atoms with Gasteiger partial charge in [0.05, 0.1) is 6.61 Å². The van der Waals surface area contributed by atoms with E-state index in [2.05, 4.69) is 23.1 Å². The molecule has 0 spiro atoms. The van der Waals surface area contributed by atoms with Crippen LogP contribution in [-0.4, -0.2) is 44.4 Å². The van der Waals surface area contributed by atoms with Gasteiger partial charge < -0.3 is 14.2 Å². The summed E-state index contributed by atoms with van der Waals surface area (Å²) >= 11 is 0. The summed E-state index contributed by atoms with van der Waals surface area (Å²) in [4.78, 5) is 2.63. The van der Waals surface area contributed by atoms with Crippen LogP contribution in [-0.2, 0) is 4.74 Å². The minimum absolute atomic E-state index is 0.529. The molecule has 0 unspecified atom stereocenters. The molecule has 0 bridgehead atoms. The third-order valence-electron chi connectivity index (χ3n) is 4.83. The largest absolute Gasteiger partial charge is 0.486 e. The van der Waals surface area contributed by atoms with Gasteiger partial charge in [0.15, 0.2) is 11.5 Å². The molecule has 4 rings (SSSR count). The van der Waals surface area contributed by atoms with E-state index in [0.29, 0.717) is 25.2 Å². The molecule has 4 heteroatoms. The highest BCUT2D eigenvalue weighted by molar-refractivity contribution is 5.44. The lowest BCUT2D eigenvalue weighted by Crippen LogP contribution is -2.29. The lowest BCUT2D eigenvalue weighted by molar-refractivity contribution is 0.161. The van der Waals surface area contributed by atoms with Gasteiger partial charge in [-0.2, -0.15) is 0 Å². The second-order valence-electron chi connectivity index (χ2n) is 6.29. The quantitative estimate of drug-likeness (QED) is 0.856. The van der Waals surface area contributed by atoms with Crippen LogP contribution < -0.4 is 9.47 Å². The van der Waals surface area contributed by atoms with Crippen LogP contribution in [0.3, 0.4) is 0 Å². The molecule has 21 heavy (non-hydrogen) atoms. The first kappa shape index (κ1) is 13.4. The van der Waals surface area contributed by atoms with Gasteiger partial charge in [-0.25, -0.2) is 0 Å².